The number of nitrogens with zero attached hydrogens (tertiary/aromatic N) is 3. The Morgan fingerprint density at radius 2 is 1.44 bits per heavy atom. The molecule has 2 amide bonds. The number of aromatic nitrogens is 1. The smallest absolute Gasteiger partial charge is 0.411 e. The molecule has 70 heavy (non-hydrogen) atoms. The quantitative estimate of drug-likeness (QED) is 0.0510. The van der Waals surface area contributed by atoms with Gasteiger partial charge in [0.25, 0.3) is 0 Å². The van der Waals surface area contributed by atoms with Gasteiger partial charge in [-0.1, -0.05) is 142 Å². The Hall–Kier alpha value is -6.05. The van der Waals surface area contributed by atoms with E-state index in [1.54, 1.807) is 6.07 Å². The summed E-state index contributed by atoms with van der Waals surface area (Å²) in [5, 5.41) is 3.85. The summed E-state index contributed by atoms with van der Waals surface area (Å²) < 4.78 is 19.6. The number of anilines is 1. The van der Waals surface area contributed by atoms with E-state index in [0.29, 0.717) is 37.4 Å². The Morgan fingerprint density at radius 3 is 2.14 bits per heavy atom. The van der Waals surface area contributed by atoms with E-state index in [4.69, 9.17) is 13.9 Å². The normalized spacial score (nSPS) is 14.1. The molecule has 1 atom stereocenters. The van der Waals surface area contributed by atoms with Gasteiger partial charge in [-0.05, 0) is 90.8 Å². The maximum Gasteiger partial charge on any atom is 0.411 e. The van der Waals surface area contributed by atoms with Crippen LogP contribution in [-0.4, -0.2) is 92.4 Å². The van der Waals surface area contributed by atoms with Crippen LogP contribution in [0.15, 0.2) is 144 Å². The van der Waals surface area contributed by atoms with Crippen LogP contribution in [0.3, 0.4) is 0 Å². The summed E-state index contributed by atoms with van der Waals surface area (Å²) in [5.74, 6) is 0.791. The van der Waals surface area contributed by atoms with Gasteiger partial charge in [0.2, 0.25) is 11.5 Å². The summed E-state index contributed by atoms with van der Waals surface area (Å²) in [4.78, 5) is 48.9. The van der Waals surface area contributed by atoms with Gasteiger partial charge in [0.1, 0.15) is 18.5 Å². The van der Waals surface area contributed by atoms with Crippen LogP contribution >= 0.6 is 0 Å². The van der Waals surface area contributed by atoms with Gasteiger partial charge >= 0.3 is 6.09 Å². The van der Waals surface area contributed by atoms with E-state index in [-0.39, 0.29) is 28.7 Å². The van der Waals surface area contributed by atoms with Gasteiger partial charge in [-0.25, -0.2) is 4.79 Å². The number of benzene rings is 5. The highest BCUT2D eigenvalue weighted by atomic mass is 28.4. The van der Waals surface area contributed by atoms with Crippen LogP contribution in [0.25, 0.3) is 22.0 Å². The predicted molar refractivity (Wildman–Crippen MR) is 286 cm³/mol. The number of H-pyrrole nitrogens is 1. The molecule has 1 aromatic heterocycles. The lowest BCUT2D eigenvalue weighted by molar-refractivity contribution is -0.130. The van der Waals surface area contributed by atoms with Crippen LogP contribution < -0.4 is 15.6 Å². The summed E-state index contributed by atoms with van der Waals surface area (Å²) in [6.45, 7) is 17.1. The van der Waals surface area contributed by atoms with Crippen LogP contribution in [0.1, 0.15) is 82.1 Å². The zero-order valence-corrected chi connectivity index (χ0v) is 43.1. The predicted octanol–water partition coefficient (Wildman–Crippen LogP) is 12.1. The van der Waals surface area contributed by atoms with Crippen molar-refractivity contribution in [3.8, 4) is 16.9 Å². The van der Waals surface area contributed by atoms with Gasteiger partial charge < -0.3 is 28.7 Å². The van der Waals surface area contributed by atoms with Crippen molar-refractivity contribution in [3.63, 3.8) is 0 Å². The topological polar surface area (TPSA) is 116 Å². The van der Waals surface area contributed by atoms with Gasteiger partial charge in [0.15, 0.2) is 8.32 Å². The molecule has 0 spiro atoms. The number of para-hydroxylation sites is 1. The summed E-state index contributed by atoms with van der Waals surface area (Å²) in [6, 6.07) is 46.0. The van der Waals surface area contributed by atoms with Crippen LogP contribution in [-0.2, 0) is 27.1 Å². The number of rotatable bonds is 22. The summed E-state index contributed by atoms with van der Waals surface area (Å²) in [6.07, 6.45) is 3.83. The fourth-order valence-corrected chi connectivity index (χ4v) is 10.1. The number of carbonyl (C=O) groups excluding carboxylic acids is 2. The molecule has 2 heterocycles. The third-order valence-corrected chi connectivity index (χ3v) is 18.5. The lowest BCUT2D eigenvalue weighted by Crippen LogP contribution is -2.44. The Labute approximate surface area is 416 Å². The minimum Gasteiger partial charge on any atom is -0.487 e. The number of pyridine rings is 1. The second-order valence-corrected chi connectivity index (χ2v) is 25.0. The molecule has 0 radical (unpaired) electrons. The van der Waals surface area contributed by atoms with Crippen LogP contribution in [0.5, 0.6) is 5.75 Å². The number of likely N-dealkylation sites (tertiary alicyclic amines) is 1. The van der Waals surface area contributed by atoms with Crippen LogP contribution in [0.2, 0.25) is 18.1 Å². The van der Waals surface area contributed by atoms with Crippen molar-refractivity contribution in [3.05, 3.63) is 167 Å². The number of piperidine rings is 1. The Bertz CT molecular complexity index is 2650. The number of carbonyl (C=O) groups is 2. The Kier molecular flexibility index (Phi) is 18.3. The first-order valence-corrected chi connectivity index (χ1v) is 28.0. The number of nitrogens with one attached hydrogen (secondary N) is 2. The maximum atomic E-state index is 13.4. The van der Waals surface area contributed by atoms with E-state index >= 15 is 0 Å². The zero-order chi connectivity index (χ0) is 49.5. The van der Waals surface area contributed by atoms with E-state index in [2.05, 4.69) is 84.3 Å². The Balaban J connectivity index is 0.914. The first-order valence-electron chi connectivity index (χ1n) is 25.1. The van der Waals surface area contributed by atoms with Gasteiger partial charge in [0.05, 0.1) is 17.3 Å². The van der Waals surface area contributed by atoms with Crippen molar-refractivity contribution in [1.82, 2.24) is 19.7 Å². The van der Waals surface area contributed by atoms with E-state index in [1.165, 1.54) is 5.56 Å². The molecule has 0 bridgehead atoms. The van der Waals surface area contributed by atoms with E-state index in [0.717, 1.165) is 98.2 Å². The highest BCUT2D eigenvalue weighted by Crippen LogP contribution is 2.42. The lowest BCUT2D eigenvalue weighted by Gasteiger charge is -2.41. The number of likely N-dealkylation sites (N-methyl/N-ethyl adjacent to an activating group) is 1. The summed E-state index contributed by atoms with van der Waals surface area (Å²) >= 11 is 0. The molecule has 1 aliphatic heterocycles. The zero-order valence-electron chi connectivity index (χ0n) is 42.1. The second-order valence-electron chi connectivity index (χ2n) is 20.2. The van der Waals surface area contributed by atoms with E-state index in [1.807, 2.05) is 115 Å². The van der Waals surface area contributed by atoms with E-state index in [9.17, 15) is 14.4 Å². The number of amides is 2. The molecular weight excluding hydrogens is 891 g/mol. The first-order chi connectivity index (χ1) is 33.7. The average Bonchev–Trinajstić information content (AvgIpc) is 3.35. The van der Waals surface area contributed by atoms with Gasteiger partial charge in [-0.3, -0.25) is 19.8 Å². The van der Waals surface area contributed by atoms with Crippen LogP contribution in [0.4, 0.5) is 10.5 Å². The standard InChI is InChI=1S/C58H73N5O6Si/c1-58(2,3)70(5,6)69-53(49-30-32-52(56-50(49)31-33-54(64)60-56)67-43-45-23-13-8-14-24-45)42-63(41-44-21-11-7-12-22-44)36-20-10-17-29-55(65)61(4)39-40-62-37-34-47(35-38-62)68-57(66)59-51-28-19-18-27-48(51)46-25-15-9-16-26-46/h7-9,11-16,18-19,21-28,30-33,47,53H,10,17,20,29,34-43H2,1-6H3,(H,59,66)(H,60,64)/t53-/m1/s1. The molecule has 12 heteroatoms. The molecule has 2 N–H and O–H groups in total. The number of fused-ring (bicyclic) bond motifs is 1. The van der Waals surface area contributed by atoms with Gasteiger partial charge in [0, 0.05) is 69.8 Å². The van der Waals surface area contributed by atoms with Crippen molar-refractivity contribution in [1.29, 1.82) is 0 Å². The number of unbranched alkanes of at least 4 members (excludes halogenated alkanes) is 2. The van der Waals surface area contributed by atoms with Crippen molar-refractivity contribution in [2.75, 3.05) is 51.6 Å². The molecule has 1 saturated heterocycles. The summed E-state index contributed by atoms with van der Waals surface area (Å²) in [7, 11) is -0.390. The highest BCUT2D eigenvalue weighted by molar-refractivity contribution is 6.74. The number of aromatic amines is 1. The van der Waals surface area contributed by atoms with Crippen molar-refractivity contribution in [2.45, 2.75) is 103 Å². The molecule has 370 valence electrons. The molecular formula is C58H73N5O6Si. The highest BCUT2D eigenvalue weighted by Gasteiger charge is 2.40. The molecule has 0 saturated carbocycles. The number of hydrogen-bond acceptors (Lipinski definition) is 8. The minimum absolute atomic E-state index is 0.0270. The lowest BCUT2D eigenvalue weighted by atomic mass is 10.0. The van der Waals surface area contributed by atoms with E-state index < -0.39 is 14.4 Å². The fourth-order valence-electron chi connectivity index (χ4n) is 8.83. The van der Waals surface area contributed by atoms with Gasteiger partial charge in [-0.15, -0.1) is 0 Å². The number of hydrogen-bond donors (Lipinski definition) is 2. The molecule has 1 aliphatic rings. The summed E-state index contributed by atoms with van der Waals surface area (Å²) in [5.41, 5.74) is 6.50. The number of ether oxygens (including phenoxy) is 2. The minimum atomic E-state index is -2.29. The third kappa shape index (κ3) is 14.7. The molecule has 11 nitrogen and oxygen atoms in total. The molecule has 6 aromatic rings. The molecule has 1 fully saturated rings. The molecule has 0 unspecified atom stereocenters. The van der Waals surface area contributed by atoms with Gasteiger partial charge in [-0.2, -0.15) is 0 Å². The largest absolute Gasteiger partial charge is 0.487 e. The average molecular weight is 964 g/mol. The molecule has 7 rings (SSSR count). The second kappa shape index (κ2) is 24.7. The molecule has 0 aliphatic carbocycles. The van der Waals surface area contributed by atoms with Crippen molar-refractivity contribution >= 4 is 36.9 Å². The van der Waals surface area contributed by atoms with Crippen LogP contribution in [0, 0.1) is 0 Å². The third-order valence-electron chi connectivity index (χ3n) is 14.0. The maximum absolute atomic E-state index is 13.4. The monoisotopic (exact) mass is 964 g/mol. The van der Waals surface area contributed by atoms with Crippen molar-refractivity contribution < 1.29 is 23.5 Å². The van der Waals surface area contributed by atoms with Crippen molar-refractivity contribution in [2.24, 2.45) is 0 Å². The first kappa shape index (κ1) is 51.8. The SMILES string of the molecule is CN(CCN1CCC(OC(=O)Nc2ccccc2-c2ccccc2)CC1)C(=O)CCCCCN(Cc1ccccc1)C[C@@H](O[Si](C)(C)C(C)(C)C)c1ccc(OCc2ccccc2)c2[nH]c(=O)ccc12. The Morgan fingerprint density at radius 1 is 0.786 bits per heavy atom. The fraction of sp³-hybridized carbons (Fsp3) is 0.397. The molecule has 5 aromatic carbocycles.